The molecule has 3 aromatic rings. The Morgan fingerprint density at radius 2 is 1.86 bits per heavy atom. The molecule has 9 heteroatoms. The lowest BCUT2D eigenvalue weighted by molar-refractivity contribution is 0.201. The van der Waals surface area contributed by atoms with E-state index in [1.165, 1.54) is 11.8 Å². The second-order valence-corrected chi connectivity index (χ2v) is 6.70. The van der Waals surface area contributed by atoms with E-state index in [4.69, 9.17) is 15.6 Å². The fraction of sp³-hybridized carbons (Fsp3) is 0.150. The molecule has 0 spiro atoms. The third kappa shape index (κ3) is 4.61. The number of nitrogens with two attached hydrogens (primary N) is 1. The summed E-state index contributed by atoms with van der Waals surface area (Å²) in [6.07, 6.45) is 4.81. The van der Waals surface area contributed by atoms with Crippen molar-refractivity contribution in [2.45, 2.75) is 10.8 Å². The van der Waals surface area contributed by atoms with Gasteiger partial charge in [-0.05, 0) is 17.7 Å². The van der Waals surface area contributed by atoms with Crippen LogP contribution in [0.1, 0.15) is 16.8 Å². The fourth-order valence-corrected chi connectivity index (χ4v) is 3.51. The molecule has 3 rings (SSSR count). The van der Waals surface area contributed by atoms with Gasteiger partial charge in [0, 0.05) is 29.9 Å². The summed E-state index contributed by atoms with van der Waals surface area (Å²) in [5, 5.41) is 28.7. The minimum absolute atomic E-state index is 0.0590. The van der Waals surface area contributed by atoms with Gasteiger partial charge in [0.1, 0.15) is 40.9 Å². The number of aliphatic hydroxyl groups excluding tert-OH is 1. The SMILES string of the molecule is N#Cc1c(N)nc(SCc2cnccn2)c(C#N)c1-c1ccc(OCCO)cc1. The first-order valence-electron chi connectivity index (χ1n) is 8.53. The van der Waals surface area contributed by atoms with Gasteiger partial charge in [0.25, 0.3) is 0 Å². The Hall–Kier alpha value is -3.66. The van der Waals surface area contributed by atoms with Crippen molar-refractivity contribution >= 4 is 17.6 Å². The summed E-state index contributed by atoms with van der Waals surface area (Å²) in [6, 6.07) is 11.1. The van der Waals surface area contributed by atoms with Gasteiger partial charge in [-0.15, -0.1) is 0 Å². The quantitative estimate of drug-likeness (QED) is 0.568. The number of pyridine rings is 1. The highest BCUT2D eigenvalue weighted by Gasteiger charge is 2.20. The average molecular weight is 404 g/mol. The van der Waals surface area contributed by atoms with Crippen molar-refractivity contribution in [1.29, 1.82) is 10.5 Å². The second-order valence-electron chi connectivity index (χ2n) is 5.73. The molecular formula is C20H16N6O2S. The lowest BCUT2D eigenvalue weighted by Gasteiger charge is -2.13. The van der Waals surface area contributed by atoms with Crippen LogP contribution < -0.4 is 10.5 Å². The van der Waals surface area contributed by atoms with Crippen LogP contribution in [0.4, 0.5) is 5.82 Å². The van der Waals surface area contributed by atoms with Crippen molar-refractivity contribution < 1.29 is 9.84 Å². The van der Waals surface area contributed by atoms with Gasteiger partial charge in [-0.2, -0.15) is 10.5 Å². The summed E-state index contributed by atoms with van der Waals surface area (Å²) in [4.78, 5) is 12.5. The number of benzene rings is 1. The standard InChI is InChI=1S/C20H16N6O2S/c21-9-16-18(13-1-3-15(4-2-13)28-8-7-27)17(10-22)20(26-19(16)23)29-12-14-11-24-5-6-25-14/h1-6,11,27H,7-8,12H2,(H2,23,26). The van der Waals surface area contributed by atoms with E-state index in [1.54, 1.807) is 42.9 Å². The first-order chi connectivity index (χ1) is 14.2. The van der Waals surface area contributed by atoms with Gasteiger partial charge in [0.15, 0.2) is 0 Å². The van der Waals surface area contributed by atoms with Crippen LogP contribution in [-0.4, -0.2) is 33.3 Å². The number of nitriles is 2. The van der Waals surface area contributed by atoms with E-state index < -0.39 is 0 Å². The van der Waals surface area contributed by atoms with Gasteiger partial charge in [0.05, 0.1) is 17.9 Å². The van der Waals surface area contributed by atoms with E-state index in [1.807, 2.05) is 0 Å². The molecule has 144 valence electrons. The number of aromatic nitrogens is 3. The van der Waals surface area contributed by atoms with Crippen molar-refractivity contribution in [1.82, 2.24) is 15.0 Å². The van der Waals surface area contributed by atoms with Crippen LogP contribution in [0.15, 0.2) is 47.9 Å². The number of ether oxygens (including phenoxy) is 1. The van der Waals surface area contributed by atoms with Crippen LogP contribution in [0.2, 0.25) is 0 Å². The molecule has 0 amide bonds. The zero-order chi connectivity index (χ0) is 20.6. The summed E-state index contributed by atoms with van der Waals surface area (Å²) in [5.41, 5.74) is 8.25. The second kappa shape index (κ2) is 9.51. The molecule has 0 atom stereocenters. The highest BCUT2D eigenvalue weighted by Crippen LogP contribution is 2.36. The molecule has 0 radical (unpaired) electrons. The normalized spacial score (nSPS) is 10.2. The summed E-state index contributed by atoms with van der Waals surface area (Å²) in [7, 11) is 0. The number of hydrogen-bond acceptors (Lipinski definition) is 9. The lowest BCUT2D eigenvalue weighted by Crippen LogP contribution is -2.04. The molecule has 3 N–H and O–H groups in total. The highest BCUT2D eigenvalue weighted by molar-refractivity contribution is 7.98. The smallest absolute Gasteiger partial charge is 0.143 e. The maximum atomic E-state index is 9.81. The van der Waals surface area contributed by atoms with E-state index in [9.17, 15) is 10.5 Å². The zero-order valence-corrected chi connectivity index (χ0v) is 16.1. The van der Waals surface area contributed by atoms with E-state index in [0.717, 1.165) is 5.69 Å². The van der Waals surface area contributed by atoms with E-state index in [2.05, 4.69) is 27.1 Å². The van der Waals surface area contributed by atoms with E-state index in [-0.39, 0.29) is 30.2 Å². The van der Waals surface area contributed by atoms with Crippen LogP contribution in [0.3, 0.4) is 0 Å². The van der Waals surface area contributed by atoms with Crippen LogP contribution in [-0.2, 0) is 5.75 Å². The summed E-state index contributed by atoms with van der Waals surface area (Å²) >= 11 is 1.30. The third-order valence-electron chi connectivity index (χ3n) is 3.89. The Bertz CT molecular complexity index is 1080. The van der Waals surface area contributed by atoms with Crippen molar-refractivity contribution in [2.75, 3.05) is 18.9 Å². The number of nitrogen functional groups attached to an aromatic ring is 1. The van der Waals surface area contributed by atoms with E-state index in [0.29, 0.717) is 27.7 Å². The van der Waals surface area contributed by atoms with Crippen molar-refractivity contribution in [3.8, 4) is 29.0 Å². The van der Waals surface area contributed by atoms with Gasteiger partial charge in [-0.25, -0.2) is 4.98 Å². The van der Waals surface area contributed by atoms with Gasteiger partial charge >= 0.3 is 0 Å². The number of anilines is 1. The van der Waals surface area contributed by atoms with Crippen LogP contribution >= 0.6 is 11.8 Å². The molecular weight excluding hydrogens is 388 g/mol. The molecule has 0 aliphatic heterocycles. The summed E-state index contributed by atoms with van der Waals surface area (Å²) < 4.78 is 5.36. The maximum absolute atomic E-state index is 9.81. The van der Waals surface area contributed by atoms with Gasteiger partial charge in [-0.1, -0.05) is 23.9 Å². The Morgan fingerprint density at radius 1 is 1.10 bits per heavy atom. The molecule has 0 saturated carbocycles. The predicted octanol–water partition coefficient (Wildman–Crippen LogP) is 2.53. The molecule has 2 aromatic heterocycles. The topological polar surface area (TPSA) is 142 Å². The highest BCUT2D eigenvalue weighted by atomic mass is 32.2. The number of thioether (sulfide) groups is 1. The van der Waals surface area contributed by atoms with Crippen LogP contribution in [0.25, 0.3) is 11.1 Å². The monoisotopic (exact) mass is 404 g/mol. The first kappa shape index (κ1) is 20.1. The summed E-state index contributed by atoms with van der Waals surface area (Å²) in [6.45, 7) is 0.0871. The third-order valence-corrected chi connectivity index (χ3v) is 4.90. The molecule has 0 aliphatic rings. The lowest BCUT2D eigenvalue weighted by atomic mass is 9.97. The van der Waals surface area contributed by atoms with Crippen molar-refractivity contribution in [3.05, 3.63) is 59.7 Å². The molecule has 0 unspecified atom stereocenters. The molecule has 1 aromatic carbocycles. The maximum Gasteiger partial charge on any atom is 0.143 e. The van der Waals surface area contributed by atoms with Gasteiger partial charge < -0.3 is 15.6 Å². The Balaban J connectivity index is 2.02. The zero-order valence-electron chi connectivity index (χ0n) is 15.2. The molecule has 0 fully saturated rings. The first-order valence-corrected chi connectivity index (χ1v) is 9.52. The molecule has 2 heterocycles. The van der Waals surface area contributed by atoms with Crippen LogP contribution in [0.5, 0.6) is 5.75 Å². The molecule has 8 nitrogen and oxygen atoms in total. The molecule has 0 aliphatic carbocycles. The molecule has 0 saturated heterocycles. The minimum Gasteiger partial charge on any atom is -0.491 e. The largest absolute Gasteiger partial charge is 0.491 e. The summed E-state index contributed by atoms with van der Waals surface area (Å²) in [5.74, 6) is 1.08. The van der Waals surface area contributed by atoms with Gasteiger partial charge in [0.2, 0.25) is 0 Å². The average Bonchev–Trinajstić information content (AvgIpc) is 2.76. The van der Waals surface area contributed by atoms with Crippen molar-refractivity contribution in [2.24, 2.45) is 0 Å². The minimum atomic E-state index is -0.0911. The molecule has 0 bridgehead atoms. The number of hydrogen-bond donors (Lipinski definition) is 2. The fourth-order valence-electron chi connectivity index (χ4n) is 2.62. The van der Waals surface area contributed by atoms with Gasteiger partial charge in [-0.3, -0.25) is 9.97 Å². The molecule has 29 heavy (non-hydrogen) atoms. The number of aliphatic hydroxyl groups is 1. The van der Waals surface area contributed by atoms with E-state index >= 15 is 0 Å². The Labute approximate surface area is 171 Å². The number of rotatable bonds is 7. The predicted molar refractivity (Wildman–Crippen MR) is 108 cm³/mol. The van der Waals surface area contributed by atoms with Crippen molar-refractivity contribution in [3.63, 3.8) is 0 Å². The van der Waals surface area contributed by atoms with Crippen LogP contribution in [0, 0.1) is 22.7 Å². The Kier molecular flexibility index (Phi) is 6.59. The Morgan fingerprint density at radius 3 is 2.48 bits per heavy atom. The number of nitrogens with zero attached hydrogens (tertiary/aromatic N) is 5.